The zero-order valence-corrected chi connectivity index (χ0v) is 19.4. The summed E-state index contributed by atoms with van der Waals surface area (Å²) in [5.41, 5.74) is 5.00. The van der Waals surface area contributed by atoms with Crippen LogP contribution in [0.3, 0.4) is 0 Å². The molecular weight excluding hydrogens is 470 g/mol. The van der Waals surface area contributed by atoms with Crippen LogP contribution < -0.4 is 10.6 Å². The van der Waals surface area contributed by atoms with E-state index in [9.17, 15) is 19.2 Å². The predicted octanol–water partition coefficient (Wildman–Crippen LogP) is 0.772. The average molecular weight is 492 g/mol. The third-order valence-electron chi connectivity index (χ3n) is 6.72. The SMILES string of the molecule is O=C1CCC(N2Cc3ccc(-n4cc(C(=O)N[C@H]5CCc6ncsc6C5)nn4)cc3C2=O)C(=O)N1. The summed E-state index contributed by atoms with van der Waals surface area (Å²) in [7, 11) is 0. The van der Waals surface area contributed by atoms with E-state index in [0.717, 1.165) is 30.5 Å². The van der Waals surface area contributed by atoms with Gasteiger partial charge in [0, 0.05) is 35.9 Å². The number of piperidine rings is 1. The number of carbonyl (C=O) groups is 4. The van der Waals surface area contributed by atoms with E-state index in [1.807, 2.05) is 11.6 Å². The molecule has 1 saturated heterocycles. The van der Waals surface area contributed by atoms with Crippen LogP contribution in [0.4, 0.5) is 0 Å². The van der Waals surface area contributed by atoms with Gasteiger partial charge in [0.2, 0.25) is 11.8 Å². The third kappa shape index (κ3) is 3.89. The Kier molecular flexibility index (Phi) is 5.17. The first-order valence-electron chi connectivity index (χ1n) is 11.4. The van der Waals surface area contributed by atoms with E-state index >= 15 is 0 Å². The number of benzene rings is 1. The van der Waals surface area contributed by atoms with Crippen molar-refractivity contribution >= 4 is 35.0 Å². The molecule has 11 nitrogen and oxygen atoms in total. The molecule has 1 unspecified atom stereocenters. The molecule has 12 heteroatoms. The molecule has 178 valence electrons. The van der Waals surface area contributed by atoms with E-state index < -0.39 is 11.9 Å². The third-order valence-corrected chi connectivity index (χ3v) is 7.62. The van der Waals surface area contributed by atoms with E-state index in [-0.39, 0.29) is 35.9 Å². The number of nitrogens with one attached hydrogen (secondary N) is 2. The number of amides is 4. The van der Waals surface area contributed by atoms with E-state index in [1.165, 1.54) is 20.7 Å². The molecular formula is C23H21N7O4S. The number of aromatic nitrogens is 4. The number of hydrogen-bond acceptors (Lipinski definition) is 8. The quantitative estimate of drug-likeness (QED) is 0.514. The molecule has 2 atom stereocenters. The van der Waals surface area contributed by atoms with Crippen LogP contribution in [0.1, 0.15) is 56.2 Å². The monoisotopic (exact) mass is 491 g/mol. The summed E-state index contributed by atoms with van der Waals surface area (Å²) in [5, 5.41) is 13.4. The van der Waals surface area contributed by atoms with Gasteiger partial charge in [-0.3, -0.25) is 24.5 Å². The van der Waals surface area contributed by atoms with Crippen molar-refractivity contribution in [1.29, 1.82) is 0 Å². The van der Waals surface area contributed by atoms with Crippen LogP contribution >= 0.6 is 11.3 Å². The molecule has 2 aromatic heterocycles. The smallest absolute Gasteiger partial charge is 0.273 e. The van der Waals surface area contributed by atoms with Gasteiger partial charge in [-0.2, -0.15) is 0 Å². The summed E-state index contributed by atoms with van der Waals surface area (Å²) in [6, 6.07) is 4.65. The first kappa shape index (κ1) is 21.6. The van der Waals surface area contributed by atoms with Gasteiger partial charge in [0.1, 0.15) is 6.04 Å². The van der Waals surface area contributed by atoms with Crippen LogP contribution in [-0.2, 0) is 29.0 Å². The maximum absolute atomic E-state index is 13.1. The fraction of sp³-hybridized carbons (Fsp3) is 0.348. The lowest BCUT2D eigenvalue weighted by Gasteiger charge is -2.29. The molecule has 35 heavy (non-hydrogen) atoms. The standard InChI is InChI=1S/C23H21N7O4S/c31-20-6-5-18(22(33)26-20)29-9-12-1-3-14(8-15(12)23(29)34)30-10-17(27-28-30)21(32)25-13-2-4-16-19(7-13)35-11-24-16/h1,3,8,10-11,13,18H,2,4-7,9H2,(H,25,32)(H,26,31,33)/t13-,18?/m0/s1. The zero-order chi connectivity index (χ0) is 24.1. The van der Waals surface area contributed by atoms with Gasteiger partial charge in [0.25, 0.3) is 11.8 Å². The Hall–Kier alpha value is -3.93. The molecule has 1 fully saturated rings. The minimum absolute atomic E-state index is 0.0245. The fourth-order valence-corrected chi connectivity index (χ4v) is 5.76. The summed E-state index contributed by atoms with van der Waals surface area (Å²) in [6.45, 7) is 0.300. The summed E-state index contributed by atoms with van der Waals surface area (Å²) < 4.78 is 1.46. The maximum Gasteiger partial charge on any atom is 0.273 e. The Morgan fingerprint density at radius 2 is 2.06 bits per heavy atom. The number of carbonyl (C=O) groups excluding carboxylic acids is 4. The summed E-state index contributed by atoms with van der Waals surface area (Å²) >= 11 is 1.61. The lowest BCUT2D eigenvalue weighted by molar-refractivity contribution is -0.136. The highest BCUT2D eigenvalue weighted by Gasteiger charge is 2.39. The lowest BCUT2D eigenvalue weighted by atomic mass is 9.97. The number of fused-ring (bicyclic) bond motifs is 2. The molecule has 0 bridgehead atoms. The lowest BCUT2D eigenvalue weighted by Crippen LogP contribution is -2.52. The highest BCUT2D eigenvalue weighted by atomic mass is 32.1. The van der Waals surface area contributed by atoms with Crippen LogP contribution in [0.2, 0.25) is 0 Å². The Labute approximate surface area is 203 Å². The minimum Gasteiger partial charge on any atom is -0.347 e. The van der Waals surface area contributed by atoms with Crippen molar-refractivity contribution in [2.24, 2.45) is 0 Å². The van der Waals surface area contributed by atoms with Gasteiger partial charge >= 0.3 is 0 Å². The second-order valence-electron chi connectivity index (χ2n) is 8.93. The first-order valence-corrected chi connectivity index (χ1v) is 12.3. The average Bonchev–Trinajstić information content (AvgIpc) is 3.58. The van der Waals surface area contributed by atoms with E-state index in [4.69, 9.17) is 0 Å². The Balaban J connectivity index is 1.16. The van der Waals surface area contributed by atoms with Gasteiger partial charge in [-0.1, -0.05) is 11.3 Å². The topological polar surface area (TPSA) is 139 Å². The summed E-state index contributed by atoms with van der Waals surface area (Å²) in [4.78, 5) is 56.6. The largest absolute Gasteiger partial charge is 0.347 e. The normalized spacial score (nSPS) is 21.5. The molecule has 3 aliphatic rings. The van der Waals surface area contributed by atoms with Crippen molar-refractivity contribution < 1.29 is 19.2 Å². The van der Waals surface area contributed by atoms with E-state index in [2.05, 4.69) is 25.9 Å². The Morgan fingerprint density at radius 3 is 2.91 bits per heavy atom. The van der Waals surface area contributed by atoms with Gasteiger partial charge in [0.05, 0.1) is 23.1 Å². The van der Waals surface area contributed by atoms with Gasteiger partial charge in [-0.05, 0) is 37.0 Å². The van der Waals surface area contributed by atoms with Crippen LogP contribution in [0, 0.1) is 0 Å². The van der Waals surface area contributed by atoms with Crippen LogP contribution in [0.15, 0.2) is 29.9 Å². The number of imide groups is 1. The second-order valence-corrected chi connectivity index (χ2v) is 9.86. The van der Waals surface area contributed by atoms with Crippen molar-refractivity contribution in [2.75, 3.05) is 0 Å². The van der Waals surface area contributed by atoms with Gasteiger partial charge in [0.15, 0.2) is 5.69 Å². The molecule has 0 radical (unpaired) electrons. The minimum atomic E-state index is -0.668. The number of rotatable bonds is 4. The number of hydrogen-bond donors (Lipinski definition) is 2. The van der Waals surface area contributed by atoms with Gasteiger partial charge < -0.3 is 10.2 Å². The van der Waals surface area contributed by atoms with Crippen molar-refractivity contribution in [2.45, 2.75) is 50.7 Å². The van der Waals surface area contributed by atoms with Crippen LogP contribution in [0.25, 0.3) is 5.69 Å². The molecule has 2 aliphatic heterocycles. The molecule has 4 heterocycles. The second kappa shape index (κ2) is 8.38. The van der Waals surface area contributed by atoms with Gasteiger partial charge in [-0.15, -0.1) is 16.4 Å². The van der Waals surface area contributed by atoms with Crippen LogP contribution in [0.5, 0.6) is 0 Å². The first-order chi connectivity index (χ1) is 17.0. The highest BCUT2D eigenvalue weighted by Crippen LogP contribution is 2.29. The van der Waals surface area contributed by atoms with Crippen molar-refractivity contribution in [3.05, 3.63) is 57.3 Å². The molecule has 0 spiro atoms. The van der Waals surface area contributed by atoms with Gasteiger partial charge in [-0.25, -0.2) is 9.67 Å². The van der Waals surface area contributed by atoms with Crippen LogP contribution in [-0.4, -0.2) is 60.6 Å². The molecule has 6 rings (SSSR count). The van der Waals surface area contributed by atoms with E-state index in [0.29, 0.717) is 24.2 Å². The molecule has 0 saturated carbocycles. The zero-order valence-electron chi connectivity index (χ0n) is 18.6. The van der Waals surface area contributed by atoms with Crippen molar-refractivity contribution in [3.63, 3.8) is 0 Å². The highest BCUT2D eigenvalue weighted by molar-refractivity contribution is 7.09. The van der Waals surface area contributed by atoms with Crippen molar-refractivity contribution in [1.82, 2.24) is 35.5 Å². The summed E-state index contributed by atoms with van der Waals surface area (Å²) in [6.07, 6.45) is 4.48. The predicted molar refractivity (Wildman–Crippen MR) is 123 cm³/mol. The maximum atomic E-state index is 13.1. The molecule has 1 aliphatic carbocycles. The molecule has 1 aromatic carbocycles. The molecule has 3 aromatic rings. The number of thiazole rings is 1. The van der Waals surface area contributed by atoms with E-state index in [1.54, 1.807) is 23.5 Å². The molecule has 4 amide bonds. The number of aryl methyl sites for hydroxylation is 1. The Bertz CT molecular complexity index is 1380. The van der Waals surface area contributed by atoms with Crippen molar-refractivity contribution in [3.8, 4) is 5.69 Å². The fourth-order valence-electron chi connectivity index (χ4n) is 4.86. The molecule has 2 N–H and O–H groups in total. The Morgan fingerprint density at radius 1 is 1.17 bits per heavy atom. The summed E-state index contributed by atoms with van der Waals surface area (Å²) in [5.74, 6) is -1.33. The number of nitrogens with zero attached hydrogens (tertiary/aromatic N) is 5.